The van der Waals surface area contributed by atoms with Crippen molar-refractivity contribution in [1.29, 1.82) is 0 Å². The van der Waals surface area contributed by atoms with E-state index in [1.165, 1.54) is 16.7 Å². The zero-order chi connectivity index (χ0) is 34.8. The van der Waals surface area contributed by atoms with Gasteiger partial charge in [0.15, 0.2) is 0 Å². The second-order valence-corrected chi connectivity index (χ2v) is 15.2. The maximum absolute atomic E-state index is 14.8. The first-order valence-electron chi connectivity index (χ1n) is 16.7. The van der Waals surface area contributed by atoms with Crippen LogP contribution in [0.3, 0.4) is 0 Å². The standard InChI is InChI=1S/C39H45N3O5S2/c1-29-17-19-33(20-18-29)42(49(45,46)36-23-21-35(48-3)22-24-36)28-38(43)41(27-31-13-10-16-34(25-31)47-2)37(26-30-11-6-4-7-12-30)39(44)40-32-14-8-5-9-15-32/h4,6-7,10-13,16-25,32,37H,5,8-9,14-15,26-28H2,1-3H3,(H,40,44)/t37-/m0/s1. The van der Waals surface area contributed by atoms with Gasteiger partial charge in [-0.15, -0.1) is 11.8 Å². The van der Waals surface area contributed by atoms with Crippen LogP contribution in [-0.2, 0) is 32.6 Å². The molecule has 0 spiro atoms. The van der Waals surface area contributed by atoms with Crippen molar-refractivity contribution in [3.63, 3.8) is 0 Å². The average molecular weight is 700 g/mol. The summed E-state index contributed by atoms with van der Waals surface area (Å²) in [5.41, 5.74) is 2.97. The first-order chi connectivity index (χ1) is 23.7. The molecule has 0 aromatic heterocycles. The number of anilines is 1. The van der Waals surface area contributed by atoms with Gasteiger partial charge in [0.2, 0.25) is 11.8 Å². The van der Waals surface area contributed by atoms with E-state index in [4.69, 9.17) is 4.74 Å². The number of benzene rings is 4. The van der Waals surface area contributed by atoms with Crippen LogP contribution in [-0.4, -0.2) is 57.1 Å². The third-order valence-corrected chi connectivity index (χ3v) is 11.5. The van der Waals surface area contributed by atoms with E-state index in [1.807, 2.05) is 79.9 Å². The summed E-state index contributed by atoms with van der Waals surface area (Å²) < 4.78 is 35.3. The van der Waals surface area contributed by atoms with Crippen molar-refractivity contribution in [1.82, 2.24) is 10.2 Å². The van der Waals surface area contributed by atoms with Crippen LogP contribution in [0.2, 0.25) is 0 Å². The second kappa shape index (κ2) is 16.9. The minimum absolute atomic E-state index is 0.0296. The van der Waals surface area contributed by atoms with Gasteiger partial charge in [-0.25, -0.2) is 8.42 Å². The van der Waals surface area contributed by atoms with Gasteiger partial charge in [-0.3, -0.25) is 13.9 Å². The Labute approximate surface area is 294 Å². The molecule has 1 aliphatic carbocycles. The normalized spacial score (nSPS) is 14.1. The van der Waals surface area contributed by atoms with Gasteiger partial charge in [0.25, 0.3) is 10.0 Å². The fourth-order valence-electron chi connectivity index (χ4n) is 6.18. The predicted octanol–water partition coefficient (Wildman–Crippen LogP) is 7.01. The minimum Gasteiger partial charge on any atom is -0.497 e. The fourth-order valence-corrected chi connectivity index (χ4v) is 8.00. The number of nitrogens with one attached hydrogen (secondary N) is 1. The van der Waals surface area contributed by atoms with Crippen molar-refractivity contribution in [3.8, 4) is 5.75 Å². The molecule has 0 aliphatic heterocycles. The van der Waals surface area contributed by atoms with E-state index >= 15 is 0 Å². The molecule has 4 aromatic carbocycles. The Hall–Kier alpha value is -4.28. The predicted molar refractivity (Wildman–Crippen MR) is 196 cm³/mol. The molecule has 10 heteroatoms. The van der Waals surface area contributed by atoms with Crippen LogP contribution in [0.1, 0.15) is 48.8 Å². The Balaban J connectivity index is 1.57. The molecule has 4 aromatic rings. The third kappa shape index (κ3) is 9.45. The Morgan fingerprint density at radius 1 is 0.878 bits per heavy atom. The van der Waals surface area contributed by atoms with E-state index in [0.717, 1.165) is 58.0 Å². The number of carbonyl (C=O) groups excluding carboxylic acids is 2. The SMILES string of the molecule is COc1cccc(CN(C(=O)CN(c2ccc(C)cc2)S(=O)(=O)c2ccc(SC)cc2)[C@@H](Cc2ccccc2)C(=O)NC2CCCCC2)c1. The smallest absolute Gasteiger partial charge is 0.264 e. The molecule has 1 N–H and O–H groups in total. The molecule has 1 atom stereocenters. The zero-order valence-electron chi connectivity index (χ0n) is 28.4. The first-order valence-corrected chi connectivity index (χ1v) is 19.3. The lowest BCUT2D eigenvalue weighted by Gasteiger charge is -2.35. The van der Waals surface area contributed by atoms with Gasteiger partial charge in [-0.1, -0.05) is 79.4 Å². The third-order valence-electron chi connectivity index (χ3n) is 8.96. The molecule has 0 heterocycles. The van der Waals surface area contributed by atoms with Gasteiger partial charge in [0, 0.05) is 23.9 Å². The van der Waals surface area contributed by atoms with Gasteiger partial charge in [-0.05, 0) is 85.7 Å². The Morgan fingerprint density at radius 3 is 2.20 bits per heavy atom. The molecule has 8 nitrogen and oxygen atoms in total. The van der Waals surface area contributed by atoms with Crippen LogP contribution >= 0.6 is 11.8 Å². The number of aryl methyl sites for hydroxylation is 1. The highest BCUT2D eigenvalue weighted by molar-refractivity contribution is 7.98. The number of hydrogen-bond donors (Lipinski definition) is 1. The summed E-state index contributed by atoms with van der Waals surface area (Å²) >= 11 is 1.52. The van der Waals surface area contributed by atoms with Gasteiger partial charge in [0.1, 0.15) is 18.3 Å². The van der Waals surface area contributed by atoms with E-state index in [1.54, 1.807) is 43.5 Å². The summed E-state index contributed by atoms with van der Waals surface area (Å²) in [5.74, 6) is -0.120. The van der Waals surface area contributed by atoms with Gasteiger partial charge in [0.05, 0.1) is 17.7 Å². The Morgan fingerprint density at radius 2 is 1.55 bits per heavy atom. The Kier molecular flexibility index (Phi) is 12.4. The van der Waals surface area contributed by atoms with Gasteiger partial charge in [-0.2, -0.15) is 0 Å². The lowest BCUT2D eigenvalue weighted by Crippen LogP contribution is -2.55. The second-order valence-electron chi connectivity index (χ2n) is 12.4. The van der Waals surface area contributed by atoms with Gasteiger partial charge < -0.3 is 15.0 Å². The maximum atomic E-state index is 14.8. The number of methoxy groups -OCH3 is 1. The topological polar surface area (TPSA) is 96.0 Å². The van der Waals surface area contributed by atoms with Crippen LogP contribution in [0.4, 0.5) is 5.69 Å². The molecule has 1 saturated carbocycles. The minimum atomic E-state index is -4.18. The van der Waals surface area contributed by atoms with Crippen molar-refractivity contribution >= 4 is 39.3 Å². The number of rotatable bonds is 14. The van der Waals surface area contributed by atoms with Gasteiger partial charge >= 0.3 is 0 Å². The summed E-state index contributed by atoms with van der Waals surface area (Å²) in [6.45, 7) is 1.50. The van der Waals surface area contributed by atoms with E-state index in [9.17, 15) is 18.0 Å². The van der Waals surface area contributed by atoms with E-state index in [2.05, 4.69) is 5.32 Å². The molecular weight excluding hydrogens is 655 g/mol. The molecule has 0 saturated heterocycles. The van der Waals surface area contributed by atoms with E-state index < -0.39 is 28.5 Å². The number of amides is 2. The monoisotopic (exact) mass is 699 g/mol. The van der Waals surface area contributed by atoms with Crippen LogP contribution in [0.15, 0.2) is 113 Å². The highest BCUT2D eigenvalue weighted by Crippen LogP contribution is 2.28. The molecule has 0 radical (unpaired) electrons. The van der Waals surface area contributed by atoms with E-state index in [0.29, 0.717) is 11.4 Å². The maximum Gasteiger partial charge on any atom is 0.264 e. The molecule has 0 unspecified atom stereocenters. The summed E-state index contributed by atoms with van der Waals surface area (Å²) in [5, 5.41) is 3.25. The van der Waals surface area contributed by atoms with E-state index in [-0.39, 0.29) is 29.8 Å². The molecule has 2 amide bonds. The molecule has 49 heavy (non-hydrogen) atoms. The molecule has 0 bridgehead atoms. The summed E-state index contributed by atoms with van der Waals surface area (Å²) in [4.78, 5) is 31.6. The number of carbonyl (C=O) groups is 2. The molecule has 5 rings (SSSR count). The number of nitrogens with zero attached hydrogens (tertiary/aromatic N) is 2. The highest BCUT2D eigenvalue weighted by Gasteiger charge is 2.35. The fraction of sp³-hybridized carbons (Fsp3) is 0.333. The molecule has 258 valence electrons. The first kappa shape index (κ1) is 36.0. The lowest BCUT2D eigenvalue weighted by molar-refractivity contribution is -0.140. The van der Waals surface area contributed by atoms with Crippen molar-refractivity contribution in [2.45, 2.75) is 73.9 Å². The van der Waals surface area contributed by atoms with Crippen molar-refractivity contribution < 1.29 is 22.7 Å². The lowest BCUT2D eigenvalue weighted by atomic mass is 9.94. The number of thioether (sulfide) groups is 1. The van der Waals surface area contributed by atoms with Crippen molar-refractivity contribution in [2.75, 3.05) is 24.2 Å². The van der Waals surface area contributed by atoms with Crippen LogP contribution in [0.25, 0.3) is 0 Å². The summed E-state index contributed by atoms with van der Waals surface area (Å²) in [6, 6.07) is 29.8. The summed E-state index contributed by atoms with van der Waals surface area (Å²) in [7, 11) is -2.60. The average Bonchev–Trinajstić information content (AvgIpc) is 3.13. The van der Waals surface area contributed by atoms with Crippen molar-refractivity contribution in [2.24, 2.45) is 0 Å². The highest BCUT2D eigenvalue weighted by atomic mass is 32.2. The number of hydrogen-bond acceptors (Lipinski definition) is 6. The quantitative estimate of drug-likeness (QED) is 0.142. The molecular formula is C39H45N3O5S2. The summed E-state index contributed by atoms with van der Waals surface area (Å²) in [6.07, 6.45) is 7.20. The van der Waals surface area contributed by atoms with Crippen LogP contribution < -0.4 is 14.4 Å². The molecule has 1 fully saturated rings. The van der Waals surface area contributed by atoms with Crippen LogP contribution in [0.5, 0.6) is 5.75 Å². The number of sulfonamides is 1. The number of ether oxygens (including phenoxy) is 1. The largest absolute Gasteiger partial charge is 0.497 e. The van der Waals surface area contributed by atoms with Crippen molar-refractivity contribution in [3.05, 3.63) is 120 Å². The molecule has 1 aliphatic rings. The Bertz CT molecular complexity index is 1790. The van der Waals surface area contributed by atoms with Crippen LogP contribution in [0, 0.1) is 6.92 Å². The zero-order valence-corrected chi connectivity index (χ0v) is 30.0.